The van der Waals surface area contributed by atoms with Gasteiger partial charge in [-0.3, -0.25) is 0 Å². The van der Waals surface area contributed by atoms with Crippen molar-refractivity contribution in [3.63, 3.8) is 0 Å². The molecule has 0 N–H and O–H groups in total. The van der Waals surface area contributed by atoms with Crippen LogP contribution in [0.3, 0.4) is 0 Å². The maximum atomic E-state index is 7.46. The molecule has 10 aromatic carbocycles. The Morgan fingerprint density at radius 1 is 0.236 bits per heavy atom. The van der Waals surface area contributed by atoms with Crippen molar-refractivity contribution in [3.8, 4) is 77.9 Å². The summed E-state index contributed by atoms with van der Waals surface area (Å²) in [5.41, 5.74) is 17.0. The number of hydrogen-bond acceptors (Lipinski definition) is 0. The van der Waals surface area contributed by atoms with Crippen LogP contribution < -0.4 is 0 Å². The fourth-order valence-corrected chi connectivity index (χ4v) is 9.42. The van der Waals surface area contributed by atoms with Crippen LogP contribution in [0.25, 0.3) is 110 Å². The standard InChI is InChI=1S/C54H33Cl/c55-49-33-47-39(35-18-7-2-8-19-35)29-28-38(34-16-5-1-6-17-34)46(47)32-48(49)40-30-31-45-52-41(40)26-15-27-44(52)53-50(36-20-9-3-10-21-36)42-24-13-14-25-43(42)51(54(45)53)37-22-11-4-12-23-37/h1-33H. The normalized spacial score (nSPS) is 11.7. The lowest BCUT2D eigenvalue weighted by Gasteiger charge is -2.20. The first kappa shape index (κ1) is 31.8. The minimum Gasteiger partial charge on any atom is -0.0836 e. The first-order valence-corrected chi connectivity index (χ1v) is 19.3. The molecule has 1 aliphatic carbocycles. The van der Waals surface area contributed by atoms with Crippen LogP contribution in [0.4, 0.5) is 0 Å². The summed E-state index contributed by atoms with van der Waals surface area (Å²) < 4.78 is 0. The van der Waals surface area contributed by atoms with Gasteiger partial charge in [-0.1, -0.05) is 200 Å². The van der Waals surface area contributed by atoms with E-state index in [0.29, 0.717) is 0 Å². The summed E-state index contributed by atoms with van der Waals surface area (Å²) in [4.78, 5) is 0. The Kier molecular flexibility index (Phi) is 7.33. The first-order chi connectivity index (χ1) is 27.2. The van der Waals surface area contributed by atoms with E-state index in [4.69, 9.17) is 11.6 Å². The van der Waals surface area contributed by atoms with E-state index < -0.39 is 0 Å². The molecule has 10 aromatic rings. The Morgan fingerprint density at radius 2 is 0.636 bits per heavy atom. The molecule has 1 aliphatic rings. The number of rotatable bonds is 5. The lowest BCUT2D eigenvalue weighted by Crippen LogP contribution is -1.93. The molecular formula is C54H33Cl. The summed E-state index contributed by atoms with van der Waals surface area (Å²) in [7, 11) is 0. The van der Waals surface area contributed by atoms with Crippen molar-refractivity contribution in [2.24, 2.45) is 0 Å². The van der Waals surface area contributed by atoms with Gasteiger partial charge in [-0.15, -0.1) is 0 Å². The third kappa shape index (κ3) is 4.92. The molecule has 0 spiro atoms. The summed E-state index contributed by atoms with van der Waals surface area (Å²) in [6.45, 7) is 0. The van der Waals surface area contributed by atoms with Crippen LogP contribution in [0.1, 0.15) is 0 Å². The molecule has 0 bridgehead atoms. The maximum Gasteiger partial charge on any atom is 0.0491 e. The second-order valence-electron chi connectivity index (χ2n) is 14.4. The molecule has 0 heterocycles. The topological polar surface area (TPSA) is 0 Å². The molecule has 256 valence electrons. The molecule has 11 rings (SSSR count). The molecule has 55 heavy (non-hydrogen) atoms. The van der Waals surface area contributed by atoms with E-state index in [1.165, 1.54) is 93.7 Å². The number of hydrogen-bond donors (Lipinski definition) is 0. The van der Waals surface area contributed by atoms with E-state index in [2.05, 4.69) is 200 Å². The molecular weight excluding hydrogens is 684 g/mol. The number of benzene rings is 10. The summed E-state index contributed by atoms with van der Waals surface area (Å²) in [5, 5.41) is 8.07. The Bertz CT molecular complexity index is 3020. The van der Waals surface area contributed by atoms with Crippen molar-refractivity contribution in [1.29, 1.82) is 0 Å². The van der Waals surface area contributed by atoms with Crippen molar-refractivity contribution >= 4 is 43.9 Å². The average molecular weight is 717 g/mol. The summed E-state index contributed by atoms with van der Waals surface area (Å²) in [6, 6.07) is 72.6. The maximum absolute atomic E-state index is 7.46. The van der Waals surface area contributed by atoms with Gasteiger partial charge in [-0.25, -0.2) is 0 Å². The van der Waals surface area contributed by atoms with Crippen molar-refractivity contribution in [2.75, 3.05) is 0 Å². The van der Waals surface area contributed by atoms with E-state index in [9.17, 15) is 0 Å². The van der Waals surface area contributed by atoms with Gasteiger partial charge in [-0.2, -0.15) is 0 Å². The summed E-state index contributed by atoms with van der Waals surface area (Å²) in [5.74, 6) is 0. The minimum absolute atomic E-state index is 0.742. The third-order valence-corrected chi connectivity index (χ3v) is 11.8. The zero-order valence-corrected chi connectivity index (χ0v) is 30.7. The first-order valence-electron chi connectivity index (χ1n) is 18.9. The lowest BCUT2D eigenvalue weighted by atomic mass is 9.82. The fraction of sp³-hybridized carbons (Fsp3) is 0. The van der Waals surface area contributed by atoms with Crippen LogP contribution in [-0.2, 0) is 0 Å². The van der Waals surface area contributed by atoms with Gasteiger partial charge in [0.15, 0.2) is 0 Å². The van der Waals surface area contributed by atoms with Gasteiger partial charge >= 0.3 is 0 Å². The van der Waals surface area contributed by atoms with E-state index in [1.807, 2.05) is 0 Å². The predicted molar refractivity (Wildman–Crippen MR) is 236 cm³/mol. The van der Waals surface area contributed by atoms with Gasteiger partial charge < -0.3 is 0 Å². The summed E-state index contributed by atoms with van der Waals surface area (Å²) >= 11 is 7.46. The van der Waals surface area contributed by atoms with Crippen molar-refractivity contribution in [3.05, 3.63) is 205 Å². The monoisotopic (exact) mass is 716 g/mol. The van der Waals surface area contributed by atoms with Gasteiger partial charge in [0.2, 0.25) is 0 Å². The third-order valence-electron chi connectivity index (χ3n) is 11.5. The molecule has 1 heteroatoms. The van der Waals surface area contributed by atoms with Gasteiger partial charge in [0, 0.05) is 10.6 Å². The molecule has 0 amide bonds. The Balaban J connectivity index is 1.22. The SMILES string of the molecule is Clc1cc2c(-c3ccccc3)ccc(-c3ccccc3)c2cc1-c1ccc2c3c(cccc13)-c1c-2c(-c2ccccc2)c2ccccc2c1-c1ccccc1. The molecule has 0 saturated carbocycles. The zero-order valence-electron chi connectivity index (χ0n) is 29.9. The van der Waals surface area contributed by atoms with Crippen molar-refractivity contribution in [2.45, 2.75) is 0 Å². The highest BCUT2D eigenvalue weighted by molar-refractivity contribution is 6.36. The minimum atomic E-state index is 0.742. The Hall–Kier alpha value is -6.73. The van der Waals surface area contributed by atoms with Crippen LogP contribution in [0.2, 0.25) is 5.02 Å². The van der Waals surface area contributed by atoms with E-state index in [0.717, 1.165) is 21.5 Å². The quantitative estimate of drug-likeness (QED) is 0.166. The van der Waals surface area contributed by atoms with Gasteiger partial charge in [0.05, 0.1) is 0 Å². The van der Waals surface area contributed by atoms with Crippen LogP contribution >= 0.6 is 11.6 Å². The van der Waals surface area contributed by atoms with E-state index in [-0.39, 0.29) is 0 Å². The average Bonchev–Trinajstić information content (AvgIpc) is 3.58. The molecule has 0 aliphatic heterocycles. The zero-order chi connectivity index (χ0) is 36.5. The van der Waals surface area contributed by atoms with Gasteiger partial charge in [0.25, 0.3) is 0 Å². The second-order valence-corrected chi connectivity index (χ2v) is 14.8. The van der Waals surface area contributed by atoms with Crippen LogP contribution in [0.15, 0.2) is 200 Å². The summed E-state index contributed by atoms with van der Waals surface area (Å²) in [6.07, 6.45) is 0. The largest absolute Gasteiger partial charge is 0.0836 e. The van der Waals surface area contributed by atoms with E-state index in [1.54, 1.807) is 0 Å². The molecule has 0 saturated heterocycles. The number of halogens is 1. The van der Waals surface area contributed by atoms with Gasteiger partial charge in [-0.05, 0) is 117 Å². The van der Waals surface area contributed by atoms with Crippen LogP contribution in [-0.4, -0.2) is 0 Å². The second kappa shape index (κ2) is 12.7. The molecule has 0 radical (unpaired) electrons. The van der Waals surface area contributed by atoms with Gasteiger partial charge in [0.1, 0.15) is 0 Å². The smallest absolute Gasteiger partial charge is 0.0491 e. The van der Waals surface area contributed by atoms with Crippen LogP contribution in [0, 0.1) is 0 Å². The molecule has 0 aromatic heterocycles. The molecule has 0 atom stereocenters. The predicted octanol–water partition coefficient (Wildman–Crippen LogP) is 15.8. The van der Waals surface area contributed by atoms with E-state index >= 15 is 0 Å². The Labute approximate surface area is 325 Å². The highest BCUT2D eigenvalue weighted by Crippen LogP contribution is 2.58. The molecule has 0 nitrogen and oxygen atoms in total. The highest BCUT2D eigenvalue weighted by Gasteiger charge is 2.31. The molecule has 0 unspecified atom stereocenters. The highest BCUT2D eigenvalue weighted by atomic mass is 35.5. The Morgan fingerprint density at radius 3 is 1.16 bits per heavy atom. The van der Waals surface area contributed by atoms with Crippen LogP contribution in [0.5, 0.6) is 0 Å². The molecule has 0 fully saturated rings. The lowest BCUT2D eigenvalue weighted by molar-refractivity contribution is 1.62. The van der Waals surface area contributed by atoms with Crippen molar-refractivity contribution < 1.29 is 0 Å². The number of fused-ring (bicyclic) bond motifs is 5. The van der Waals surface area contributed by atoms with Crippen molar-refractivity contribution in [1.82, 2.24) is 0 Å². The fourth-order valence-electron chi connectivity index (χ4n) is 9.16.